The van der Waals surface area contributed by atoms with Crippen molar-refractivity contribution < 1.29 is 13.2 Å². The molecule has 2 aromatic carbocycles. The molecule has 0 atom stereocenters. The molecule has 3 aromatic rings. The van der Waals surface area contributed by atoms with Crippen molar-refractivity contribution in [3.05, 3.63) is 53.9 Å². The highest BCUT2D eigenvalue weighted by molar-refractivity contribution is 7.89. The number of methoxy groups -OCH3 is 1. The summed E-state index contributed by atoms with van der Waals surface area (Å²) in [6.07, 6.45) is 1.86. The summed E-state index contributed by atoms with van der Waals surface area (Å²) in [5.74, 6) is 0.783. The molecular weight excluding hydrogens is 380 g/mol. The number of hydrogen-bond donors (Lipinski definition) is 0. The molecule has 0 bridgehead atoms. The first-order valence-corrected chi connectivity index (χ1v) is 11.1. The maximum absolute atomic E-state index is 12.6. The van der Waals surface area contributed by atoms with Gasteiger partial charge in [0.2, 0.25) is 10.0 Å². The van der Waals surface area contributed by atoms with E-state index in [2.05, 4.69) is 0 Å². The Kier molecular flexibility index (Phi) is 4.99. The van der Waals surface area contributed by atoms with Crippen molar-refractivity contribution in [1.82, 2.24) is 9.29 Å². The highest BCUT2D eigenvalue weighted by Gasteiger charge is 2.27. The molecule has 1 saturated heterocycles. The molecule has 0 saturated carbocycles. The van der Waals surface area contributed by atoms with Crippen LogP contribution in [0.15, 0.2) is 58.8 Å². The lowest BCUT2D eigenvalue weighted by molar-refractivity contribution is 0.416. The fourth-order valence-electron chi connectivity index (χ4n) is 3.23. The zero-order chi connectivity index (χ0) is 18.9. The molecule has 0 unspecified atom stereocenters. The quantitative estimate of drug-likeness (QED) is 0.642. The average Bonchev–Trinajstić information content (AvgIpc) is 3.40. The monoisotopic (exact) mass is 400 g/mol. The zero-order valence-corrected chi connectivity index (χ0v) is 16.6. The third kappa shape index (κ3) is 3.50. The Balaban J connectivity index is 1.61. The van der Waals surface area contributed by atoms with Crippen LogP contribution in [-0.4, -0.2) is 37.9 Å². The van der Waals surface area contributed by atoms with Gasteiger partial charge in [-0.25, -0.2) is 13.4 Å². The molecule has 1 aliphatic rings. The second-order valence-corrected chi connectivity index (χ2v) is 9.17. The molecule has 7 heteroatoms. The number of aromatic nitrogens is 1. The van der Waals surface area contributed by atoms with E-state index in [-0.39, 0.29) is 0 Å². The molecule has 5 nitrogen and oxygen atoms in total. The first kappa shape index (κ1) is 18.2. The van der Waals surface area contributed by atoms with Gasteiger partial charge in [-0.05, 0) is 37.1 Å². The van der Waals surface area contributed by atoms with Gasteiger partial charge in [-0.1, -0.05) is 24.3 Å². The van der Waals surface area contributed by atoms with Crippen molar-refractivity contribution in [2.75, 3.05) is 20.2 Å². The number of rotatable bonds is 5. The van der Waals surface area contributed by atoms with Crippen LogP contribution in [0, 0.1) is 0 Å². The van der Waals surface area contributed by atoms with E-state index in [9.17, 15) is 8.42 Å². The first-order valence-electron chi connectivity index (χ1n) is 8.79. The van der Waals surface area contributed by atoms with E-state index in [1.807, 2.05) is 41.8 Å². The summed E-state index contributed by atoms with van der Waals surface area (Å²) in [7, 11) is -1.74. The maximum atomic E-state index is 12.6. The van der Waals surface area contributed by atoms with Crippen LogP contribution in [0.4, 0.5) is 0 Å². The van der Waals surface area contributed by atoms with Gasteiger partial charge in [0.15, 0.2) is 0 Å². The topological polar surface area (TPSA) is 59.5 Å². The van der Waals surface area contributed by atoms with Gasteiger partial charge in [0.25, 0.3) is 0 Å². The Labute approximate surface area is 163 Å². The van der Waals surface area contributed by atoms with Crippen LogP contribution in [0.5, 0.6) is 5.75 Å². The number of sulfonamides is 1. The second kappa shape index (κ2) is 7.42. The summed E-state index contributed by atoms with van der Waals surface area (Å²) < 4.78 is 32.3. The standard InChI is InChI=1S/C20H20N2O3S2/c1-25-19-7-3-2-6-17(19)20-21-18(14-26-20)15-8-10-16(11-9-15)27(23,24)22-12-4-5-13-22/h2-3,6-11,14H,4-5,12-13H2,1H3. The lowest BCUT2D eigenvalue weighted by atomic mass is 10.2. The van der Waals surface area contributed by atoms with Crippen LogP contribution in [0.25, 0.3) is 21.8 Å². The van der Waals surface area contributed by atoms with Crippen LogP contribution in [0.3, 0.4) is 0 Å². The van der Waals surface area contributed by atoms with E-state index in [1.165, 1.54) is 11.3 Å². The van der Waals surface area contributed by atoms with Gasteiger partial charge >= 0.3 is 0 Å². The summed E-state index contributed by atoms with van der Waals surface area (Å²) in [6, 6.07) is 14.8. The van der Waals surface area contributed by atoms with E-state index in [0.29, 0.717) is 18.0 Å². The molecule has 1 fully saturated rings. The van der Waals surface area contributed by atoms with Crippen molar-refractivity contribution in [2.45, 2.75) is 17.7 Å². The van der Waals surface area contributed by atoms with Crippen molar-refractivity contribution in [3.63, 3.8) is 0 Å². The minimum Gasteiger partial charge on any atom is -0.496 e. The van der Waals surface area contributed by atoms with Crippen LogP contribution >= 0.6 is 11.3 Å². The summed E-state index contributed by atoms with van der Waals surface area (Å²) in [6.45, 7) is 1.22. The first-order chi connectivity index (χ1) is 13.1. The lowest BCUT2D eigenvalue weighted by Crippen LogP contribution is -2.27. The molecule has 1 aromatic heterocycles. The van der Waals surface area contributed by atoms with Gasteiger partial charge in [-0.3, -0.25) is 0 Å². The smallest absolute Gasteiger partial charge is 0.243 e. The predicted molar refractivity (Wildman–Crippen MR) is 108 cm³/mol. The molecule has 0 radical (unpaired) electrons. The van der Waals surface area contributed by atoms with Gasteiger partial charge < -0.3 is 4.74 Å². The number of para-hydroxylation sites is 1. The van der Waals surface area contributed by atoms with Gasteiger partial charge in [-0.2, -0.15) is 4.31 Å². The number of nitrogens with zero attached hydrogens (tertiary/aromatic N) is 2. The molecule has 1 aliphatic heterocycles. The minimum absolute atomic E-state index is 0.341. The van der Waals surface area contributed by atoms with Gasteiger partial charge in [0.1, 0.15) is 10.8 Å². The fraction of sp³-hybridized carbons (Fsp3) is 0.250. The van der Waals surface area contributed by atoms with Crippen molar-refractivity contribution in [1.29, 1.82) is 0 Å². The molecule has 2 heterocycles. The molecule has 0 spiro atoms. The van der Waals surface area contributed by atoms with Crippen molar-refractivity contribution in [3.8, 4) is 27.6 Å². The largest absolute Gasteiger partial charge is 0.496 e. The van der Waals surface area contributed by atoms with Crippen LogP contribution in [0.1, 0.15) is 12.8 Å². The summed E-state index contributed by atoms with van der Waals surface area (Å²) in [5, 5.41) is 2.85. The second-order valence-electron chi connectivity index (χ2n) is 6.37. The maximum Gasteiger partial charge on any atom is 0.243 e. The van der Waals surface area contributed by atoms with E-state index in [0.717, 1.165) is 40.4 Å². The molecule has 0 N–H and O–H groups in total. The van der Waals surface area contributed by atoms with E-state index in [4.69, 9.17) is 9.72 Å². The normalized spacial score (nSPS) is 15.1. The number of hydrogen-bond acceptors (Lipinski definition) is 5. The highest BCUT2D eigenvalue weighted by Crippen LogP contribution is 2.34. The molecule has 140 valence electrons. The minimum atomic E-state index is -3.39. The number of thiazole rings is 1. The van der Waals surface area contributed by atoms with Crippen LogP contribution < -0.4 is 4.74 Å². The molecule has 4 rings (SSSR count). The Hall–Kier alpha value is -2.22. The Morgan fingerprint density at radius 2 is 1.74 bits per heavy atom. The zero-order valence-electron chi connectivity index (χ0n) is 15.0. The SMILES string of the molecule is COc1ccccc1-c1nc(-c2ccc(S(=O)(=O)N3CCCC3)cc2)cs1. The van der Waals surface area contributed by atoms with Crippen molar-refractivity contribution >= 4 is 21.4 Å². The average molecular weight is 401 g/mol. The molecule has 27 heavy (non-hydrogen) atoms. The number of benzene rings is 2. The molecule has 0 amide bonds. The molecular formula is C20H20N2O3S2. The summed E-state index contributed by atoms with van der Waals surface area (Å²) >= 11 is 1.54. The third-order valence-electron chi connectivity index (χ3n) is 4.69. The van der Waals surface area contributed by atoms with Gasteiger partial charge in [0, 0.05) is 24.0 Å². The van der Waals surface area contributed by atoms with E-state index in [1.54, 1.807) is 23.5 Å². The predicted octanol–water partition coefficient (Wildman–Crippen LogP) is 4.27. The Morgan fingerprint density at radius 3 is 2.44 bits per heavy atom. The van der Waals surface area contributed by atoms with Gasteiger partial charge in [-0.15, -0.1) is 11.3 Å². The van der Waals surface area contributed by atoms with E-state index < -0.39 is 10.0 Å². The highest BCUT2D eigenvalue weighted by atomic mass is 32.2. The van der Waals surface area contributed by atoms with Crippen molar-refractivity contribution in [2.24, 2.45) is 0 Å². The Morgan fingerprint density at radius 1 is 1.04 bits per heavy atom. The van der Waals surface area contributed by atoms with Crippen LogP contribution in [-0.2, 0) is 10.0 Å². The van der Waals surface area contributed by atoms with Gasteiger partial charge in [0.05, 0.1) is 23.3 Å². The molecule has 0 aliphatic carbocycles. The summed E-state index contributed by atoms with van der Waals surface area (Å²) in [4.78, 5) is 5.05. The lowest BCUT2D eigenvalue weighted by Gasteiger charge is -2.15. The summed E-state index contributed by atoms with van der Waals surface area (Å²) in [5.41, 5.74) is 2.67. The fourth-order valence-corrected chi connectivity index (χ4v) is 5.60. The van der Waals surface area contributed by atoms with Crippen LogP contribution in [0.2, 0.25) is 0 Å². The number of ether oxygens (including phenoxy) is 1. The Bertz CT molecular complexity index is 1040. The third-order valence-corrected chi connectivity index (χ3v) is 7.48. The van der Waals surface area contributed by atoms with E-state index >= 15 is 0 Å².